The van der Waals surface area contributed by atoms with Crippen LogP contribution >= 0.6 is 15.9 Å². The summed E-state index contributed by atoms with van der Waals surface area (Å²) < 4.78 is 0.871. The summed E-state index contributed by atoms with van der Waals surface area (Å²) in [5, 5.41) is 3.06. The molecule has 1 N–H and O–H groups in total. The van der Waals surface area contributed by atoms with Crippen molar-refractivity contribution in [1.29, 1.82) is 0 Å². The number of aryl methyl sites for hydroxylation is 3. The van der Waals surface area contributed by atoms with Crippen LogP contribution in [0.25, 0.3) is 11.4 Å². The van der Waals surface area contributed by atoms with Crippen LogP contribution in [0.5, 0.6) is 0 Å². The number of rotatable bonds is 2. The molecule has 2 aromatic rings. The Morgan fingerprint density at radius 2 is 1.72 bits per heavy atom. The van der Waals surface area contributed by atoms with Crippen LogP contribution in [0, 0.1) is 20.8 Å². The predicted octanol–water partition coefficient (Wildman–Crippen LogP) is 3.87. The van der Waals surface area contributed by atoms with Crippen LogP contribution in [-0.4, -0.2) is 17.0 Å². The minimum absolute atomic E-state index is 0.762. The van der Waals surface area contributed by atoms with Gasteiger partial charge in [0.25, 0.3) is 0 Å². The summed E-state index contributed by atoms with van der Waals surface area (Å²) >= 11 is 3.42. The lowest BCUT2D eigenvalue weighted by Gasteiger charge is -2.11. The molecule has 4 heteroatoms. The lowest BCUT2D eigenvalue weighted by atomic mass is 9.99. The van der Waals surface area contributed by atoms with Gasteiger partial charge in [-0.05, 0) is 47.8 Å². The summed E-state index contributed by atoms with van der Waals surface area (Å²) in [6.45, 7) is 6.30. The van der Waals surface area contributed by atoms with Crippen LogP contribution in [0.4, 0.5) is 5.82 Å². The number of halogens is 1. The molecule has 0 atom stereocenters. The van der Waals surface area contributed by atoms with E-state index in [1.807, 2.05) is 7.05 Å². The van der Waals surface area contributed by atoms with Crippen molar-refractivity contribution in [2.75, 3.05) is 12.4 Å². The normalized spacial score (nSPS) is 10.5. The van der Waals surface area contributed by atoms with Gasteiger partial charge in [0.15, 0.2) is 5.82 Å². The second kappa shape index (κ2) is 5.06. The lowest BCUT2D eigenvalue weighted by molar-refractivity contribution is 1.13. The average molecular weight is 306 g/mol. The van der Waals surface area contributed by atoms with Crippen molar-refractivity contribution < 1.29 is 0 Å². The Kier molecular flexibility index (Phi) is 3.66. The van der Waals surface area contributed by atoms with Crippen LogP contribution in [0.2, 0.25) is 0 Å². The molecule has 0 bridgehead atoms. The third-order valence-corrected chi connectivity index (χ3v) is 3.46. The fourth-order valence-corrected chi connectivity index (χ4v) is 2.58. The third kappa shape index (κ3) is 2.38. The quantitative estimate of drug-likeness (QED) is 0.915. The van der Waals surface area contributed by atoms with E-state index in [2.05, 4.69) is 64.1 Å². The Bertz CT molecular complexity index is 571. The molecule has 0 aliphatic heterocycles. The molecule has 0 spiro atoms. The summed E-state index contributed by atoms with van der Waals surface area (Å²) in [5.74, 6) is 1.57. The van der Waals surface area contributed by atoms with Crippen molar-refractivity contribution in [1.82, 2.24) is 9.97 Å². The van der Waals surface area contributed by atoms with Gasteiger partial charge in [-0.2, -0.15) is 0 Å². The zero-order valence-corrected chi connectivity index (χ0v) is 12.6. The molecule has 0 radical (unpaired) electrons. The maximum Gasteiger partial charge on any atom is 0.162 e. The van der Waals surface area contributed by atoms with E-state index < -0.39 is 0 Å². The SMILES string of the molecule is CNc1nc(-c2c(C)cc(C)cc2C)ncc1Br. The maximum absolute atomic E-state index is 4.54. The molecule has 0 saturated heterocycles. The highest BCUT2D eigenvalue weighted by Crippen LogP contribution is 2.28. The minimum Gasteiger partial charge on any atom is -0.372 e. The van der Waals surface area contributed by atoms with Crippen LogP contribution in [0.1, 0.15) is 16.7 Å². The Morgan fingerprint density at radius 3 is 2.28 bits per heavy atom. The molecule has 18 heavy (non-hydrogen) atoms. The highest BCUT2D eigenvalue weighted by Gasteiger charge is 2.11. The second-order valence-corrected chi connectivity index (χ2v) is 5.27. The van der Waals surface area contributed by atoms with Crippen LogP contribution < -0.4 is 5.32 Å². The molecule has 3 nitrogen and oxygen atoms in total. The zero-order chi connectivity index (χ0) is 13.3. The van der Waals surface area contributed by atoms with Crippen molar-refractivity contribution in [3.05, 3.63) is 39.5 Å². The largest absolute Gasteiger partial charge is 0.372 e. The van der Waals surface area contributed by atoms with Crippen molar-refractivity contribution >= 4 is 21.7 Å². The summed E-state index contributed by atoms with van der Waals surface area (Å²) in [6, 6.07) is 4.32. The number of nitrogens with zero attached hydrogens (tertiary/aromatic N) is 2. The highest BCUT2D eigenvalue weighted by molar-refractivity contribution is 9.10. The smallest absolute Gasteiger partial charge is 0.162 e. The molecule has 0 saturated carbocycles. The van der Waals surface area contributed by atoms with Gasteiger partial charge in [0.05, 0.1) is 4.47 Å². The van der Waals surface area contributed by atoms with Crippen LogP contribution in [-0.2, 0) is 0 Å². The predicted molar refractivity (Wildman–Crippen MR) is 78.9 cm³/mol. The first kappa shape index (κ1) is 13.0. The van der Waals surface area contributed by atoms with Gasteiger partial charge in [0.2, 0.25) is 0 Å². The van der Waals surface area contributed by atoms with E-state index in [4.69, 9.17) is 0 Å². The first-order valence-corrected chi connectivity index (χ1v) is 6.60. The van der Waals surface area contributed by atoms with Crippen molar-refractivity contribution in [2.45, 2.75) is 20.8 Å². The molecule has 1 aromatic carbocycles. The van der Waals surface area contributed by atoms with Crippen molar-refractivity contribution in [3.8, 4) is 11.4 Å². The van der Waals surface area contributed by atoms with Crippen molar-refractivity contribution in [2.24, 2.45) is 0 Å². The number of anilines is 1. The standard InChI is InChI=1S/C14H16BrN3/c1-8-5-9(2)12(10(3)6-8)14-17-7-11(15)13(16-4)18-14/h5-7H,1-4H3,(H,16,17,18). The van der Waals surface area contributed by atoms with E-state index in [1.54, 1.807) is 6.20 Å². The van der Waals surface area contributed by atoms with E-state index in [1.165, 1.54) is 16.7 Å². The van der Waals surface area contributed by atoms with Gasteiger partial charge in [-0.25, -0.2) is 9.97 Å². The third-order valence-electron chi connectivity index (χ3n) is 2.88. The average Bonchev–Trinajstić information content (AvgIpc) is 2.30. The topological polar surface area (TPSA) is 37.8 Å². The lowest BCUT2D eigenvalue weighted by Crippen LogP contribution is -2.00. The molecule has 1 aromatic heterocycles. The maximum atomic E-state index is 4.54. The monoisotopic (exact) mass is 305 g/mol. The van der Waals surface area contributed by atoms with E-state index in [0.717, 1.165) is 21.7 Å². The van der Waals surface area contributed by atoms with E-state index >= 15 is 0 Å². The molecule has 94 valence electrons. The van der Waals surface area contributed by atoms with Gasteiger partial charge < -0.3 is 5.32 Å². The fourth-order valence-electron chi connectivity index (χ4n) is 2.20. The highest BCUT2D eigenvalue weighted by atomic mass is 79.9. The molecule has 0 fully saturated rings. The fraction of sp³-hybridized carbons (Fsp3) is 0.286. The van der Waals surface area contributed by atoms with E-state index in [0.29, 0.717) is 0 Å². The number of aromatic nitrogens is 2. The minimum atomic E-state index is 0.762. The van der Waals surface area contributed by atoms with E-state index in [-0.39, 0.29) is 0 Å². The Hall–Kier alpha value is -1.42. The Balaban J connectivity index is 2.62. The molecule has 0 unspecified atom stereocenters. The van der Waals surface area contributed by atoms with Crippen LogP contribution in [0.15, 0.2) is 22.8 Å². The summed E-state index contributed by atoms with van der Waals surface area (Å²) in [7, 11) is 1.85. The Morgan fingerprint density at radius 1 is 1.11 bits per heavy atom. The van der Waals surface area contributed by atoms with Gasteiger partial charge in [-0.3, -0.25) is 0 Å². The van der Waals surface area contributed by atoms with Gasteiger partial charge in [-0.15, -0.1) is 0 Å². The molecular formula is C14H16BrN3. The molecule has 1 heterocycles. The number of hydrogen-bond acceptors (Lipinski definition) is 3. The molecule has 0 aliphatic rings. The number of benzene rings is 1. The molecule has 2 rings (SSSR count). The van der Waals surface area contributed by atoms with Crippen LogP contribution in [0.3, 0.4) is 0 Å². The first-order chi connectivity index (χ1) is 8.52. The summed E-state index contributed by atoms with van der Waals surface area (Å²) in [6.07, 6.45) is 1.78. The van der Waals surface area contributed by atoms with Gasteiger partial charge in [0, 0.05) is 18.8 Å². The van der Waals surface area contributed by atoms with E-state index in [9.17, 15) is 0 Å². The Labute approximate surface area is 116 Å². The number of nitrogens with one attached hydrogen (secondary N) is 1. The first-order valence-electron chi connectivity index (χ1n) is 5.81. The second-order valence-electron chi connectivity index (χ2n) is 4.41. The molecular weight excluding hydrogens is 290 g/mol. The summed E-state index contributed by atoms with van der Waals surface area (Å²) in [5.41, 5.74) is 4.79. The molecule has 0 amide bonds. The van der Waals surface area contributed by atoms with Gasteiger partial charge in [-0.1, -0.05) is 17.7 Å². The van der Waals surface area contributed by atoms with Crippen molar-refractivity contribution in [3.63, 3.8) is 0 Å². The zero-order valence-electron chi connectivity index (χ0n) is 11.0. The van der Waals surface area contributed by atoms with Gasteiger partial charge >= 0.3 is 0 Å². The summed E-state index contributed by atoms with van der Waals surface area (Å²) in [4.78, 5) is 8.95. The number of hydrogen-bond donors (Lipinski definition) is 1. The molecule has 0 aliphatic carbocycles. The van der Waals surface area contributed by atoms with Gasteiger partial charge in [0.1, 0.15) is 5.82 Å².